The zero-order valence-corrected chi connectivity index (χ0v) is 12.8. The van der Waals surface area contributed by atoms with Gasteiger partial charge in [0.15, 0.2) is 5.76 Å². The van der Waals surface area contributed by atoms with Crippen LogP contribution in [-0.4, -0.2) is 23.6 Å². The molecule has 2 aromatic rings. The van der Waals surface area contributed by atoms with Crippen molar-refractivity contribution in [3.05, 3.63) is 52.4 Å². The second-order valence-electron chi connectivity index (χ2n) is 5.17. The highest BCUT2D eigenvalue weighted by Gasteiger charge is 2.24. The summed E-state index contributed by atoms with van der Waals surface area (Å²) in [6.07, 6.45) is 1.47. The standard InChI is InChI=1S/C16H14ClNO5/c17-9-3-4-10-11(2-1-7-22-14(10)8-9)18-15(19)12-5-6-13(23-12)16(20)21/h3-6,8,11H,1-2,7H2,(H,18,19)(H,20,21)/t11-/m1/s1. The topological polar surface area (TPSA) is 88.8 Å². The van der Waals surface area contributed by atoms with Crippen molar-refractivity contribution in [3.8, 4) is 5.75 Å². The maximum absolute atomic E-state index is 12.3. The first-order valence-electron chi connectivity index (χ1n) is 7.11. The average molecular weight is 336 g/mol. The predicted molar refractivity (Wildman–Crippen MR) is 82.1 cm³/mol. The number of rotatable bonds is 3. The predicted octanol–water partition coefficient (Wildman–Crippen LogP) is 3.27. The van der Waals surface area contributed by atoms with E-state index in [1.54, 1.807) is 12.1 Å². The third kappa shape index (κ3) is 3.32. The van der Waals surface area contributed by atoms with E-state index in [0.717, 1.165) is 12.0 Å². The smallest absolute Gasteiger partial charge is 0.371 e. The highest BCUT2D eigenvalue weighted by Crippen LogP contribution is 2.33. The van der Waals surface area contributed by atoms with Crippen LogP contribution in [0.1, 0.15) is 45.6 Å². The maximum Gasteiger partial charge on any atom is 0.371 e. The fourth-order valence-corrected chi connectivity index (χ4v) is 2.66. The number of hydrogen-bond donors (Lipinski definition) is 2. The first-order valence-corrected chi connectivity index (χ1v) is 7.48. The van der Waals surface area contributed by atoms with Gasteiger partial charge in [-0.15, -0.1) is 0 Å². The lowest BCUT2D eigenvalue weighted by Crippen LogP contribution is -2.28. The Morgan fingerprint density at radius 2 is 2.00 bits per heavy atom. The Hall–Kier alpha value is -2.47. The lowest BCUT2D eigenvalue weighted by Gasteiger charge is -2.17. The molecule has 120 valence electrons. The first kappa shape index (κ1) is 15.4. The molecule has 3 rings (SSSR count). The second kappa shape index (κ2) is 6.34. The number of amides is 1. The molecule has 0 fully saturated rings. The van der Waals surface area contributed by atoms with Crippen LogP contribution in [0.15, 0.2) is 34.7 Å². The van der Waals surface area contributed by atoms with Gasteiger partial charge in [-0.3, -0.25) is 4.79 Å². The molecule has 2 heterocycles. The van der Waals surface area contributed by atoms with Gasteiger partial charge >= 0.3 is 5.97 Å². The number of fused-ring (bicyclic) bond motifs is 1. The first-order chi connectivity index (χ1) is 11.0. The minimum absolute atomic E-state index is 0.0388. The summed E-state index contributed by atoms with van der Waals surface area (Å²) < 4.78 is 10.7. The Labute approximate surface area is 137 Å². The van der Waals surface area contributed by atoms with Crippen LogP contribution in [0.3, 0.4) is 0 Å². The summed E-state index contributed by atoms with van der Waals surface area (Å²) in [5.41, 5.74) is 0.838. The van der Waals surface area contributed by atoms with Crippen molar-refractivity contribution in [2.24, 2.45) is 0 Å². The number of furan rings is 1. The Morgan fingerprint density at radius 3 is 2.74 bits per heavy atom. The fourth-order valence-electron chi connectivity index (χ4n) is 2.50. The number of carboxylic acid groups (broad SMARTS) is 1. The van der Waals surface area contributed by atoms with Crippen molar-refractivity contribution in [1.29, 1.82) is 0 Å². The van der Waals surface area contributed by atoms with Gasteiger partial charge < -0.3 is 19.6 Å². The van der Waals surface area contributed by atoms with Gasteiger partial charge in [0.2, 0.25) is 5.76 Å². The number of carbonyl (C=O) groups excluding carboxylic acids is 1. The number of ether oxygens (including phenoxy) is 1. The van der Waals surface area contributed by atoms with Crippen molar-refractivity contribution in [1.82, 2.24) is 5.32 Å². The number of benzene rings is 1. The summed E-state index contributed by atoms with van der Waals surface area (Å²) in [6, 6.07) is 7.62. The summed E-state index contributed by atoms with van der Waals surface area (Å²) >= 11 is 5.97. The van der Waals surface area contributed by atoms with Crippen molar-refractivity contribution in [2.45, 2.75) is 18.9 Å². The van der Waals surface area contributed by atoms with Crippen LogP contribution >= 0.6 is 11.6 Å². The molecular weight excluding hydrogens is 322 g/mol. The van der Waals surface area contributed by atoms with Crippen LogP contribution in [0.2, 0.25) is 5.02 Å². The second-order valence-corrected chi connectivity index (χ2v) is 5.60. The maximum atomic E-state index is 12.3. The molecule has 0 saturated carbocycles. The Bertz CT molecular complexity index is 755. The zero-order valence-electron chi connectivity index (χ0n) is 12.0. The van der Waals surface area contributed by atoms with Gasteiger partial charge in [0, 0.05) is 10.6 Å². The SMILES string of the molecule is O=C(O)c1ccc(C(=O)N[C@@H]2CCCOc3cc(Cl)ccc32)o1. The molecule has 1 aliphatic heterocycles. The van der Waals surface area contributed by atoms with Crippen LogP contribution in [-0.2, 0) is 0 Å². The summed E-state index contributed by atoms with van der Waals surface area (Å²) in [5.74, 6) is -1.35. The van der Waals surface area contributed by atoms with Crippen LogP contribution in [0, 0.1) is 0 Å². The number of hydrogen-bond acceptors (Lipinski definition) is 4. The van der Waals surface area contributed by atoms with Crippen molar-refractivity contribution in [2.75, 3.05) is 6.61 Å². The summed E-state index contributed by atoms with van der Waals surface area (Å²) in [7, 11) is 0. The molecule has 7 heteroatoms. The molecule has 0 unspecified atom stereocenters. The van der Waals surface area contributed by atoms with Crippen LogP contribution in [0.4, 0.5) is 0 Å². The largest absolute Gasteiger partial charge is 0.493 e. The highest BCUT2D eigenvalue weighted by atomic mass is 35.5. The molecule has 0 radical (unpaired) electrons. The fraction of sp³-hybridized carbons (Fsp3) is 0.250. The van der Waals surface area contributed by atoms with Crippen molar-refractivity contribution < 1.29 is 23.8 Å². The minimum Gasteiger partial charge on any atom is -0.493 e. The Balaban J connectivity index is 1.81. The molecule has 0 bridgehead atoms. The van der Waals surface area contributed by atoms with E-state index in [1.807, 2.05) is 6.07 Å². The van der Waals surface area contributed by atoms with Crippen LogP contribution < -0.4 is 10.1 Å². The monoisotopic (exact) mass is 335 g/mol. The van der Waals surface area contributed by atoms with E-state index in [2.05, 4.69) is 5.32 Å². The average Bonchev–Trinajstić information content (AvgIpc) is 2.93. The van der Waals surface area contributed by atoms with E-state index in [1.165, 1.54) is 12.1 Å². The van der Waals surface area contributed by atoms with Crippen LogP contribution in [0.25, 0.3) is 0 Å². The summed E-state index contributed by atoms with van der Waals surface area (Å²) in [4.78, 5) is 23.1. The molecule has 0 aliphatic carbocycles. The van der Waals surface area contributed by atoms with Crippen molar-refractivity contribution >= 4 is 23.5 Å². The van der Waals surface area contributed by atoms with E-state index in [0.29, 0.717) is 23.8 Å². The Morgan fingerprint density at radius 1 is 1.22 bits per heavy atom. The number of aromatic carboxylic acids is 1. The minimum atomic E-state index is -1.22. The molecule has 6 nitrogen and oxygen atoms in total. The molecule has 2 N–H and O–H groups in total. The van der Waals surface area contributed by atoms with Gasteiger partial charge in [-0.2, -0.15) is 0 Å². The van der Waals surface area contributed by atoms with Gasteiger partial charge in [-0.05, 0) is 37.1 Å². The number of carboxylic acids is 1. The molecule has 0 spiro atoms. The van der Waals surface area contributed by atoms with Gasteiger partial charge in [-0.25, -0.2) is 4.79 Å². The van der Waals surface area contributed by atoms with Crippen LogP contribution in [0.5, 0.6) is 5.75 Å². The number of halogens is 1. The lowest BCUT2D eigenvalue weighted by atomic mass is 10.0. The molecule has 0 saturated heterocycles. The van der Waals surface area contributed by atoms with E-state index in [4.69, 9.17) is 25.9 Å². The summed E-state index contributed by atoms with van der Waals surface area (Å²) in [6.45, 7) is 0.545. The molecular formula is C16H14ClNO5. The molecule has 1 aromatic carbocycles. The van der Waals surface area contributed by atoms with Gasteiger partial charge in [0.1, 0.15) is 5.75 Å². The normalized spacial score (nSPS) is 16.8. The number of carbonyl (C=O) groups is 2. The molecule has 1 aromatic heterocycles. The zero-order chi connectivity index (χ0) is 16.4. The van der Waals surface area contributed by atoms with E-state index in [-0.39, 0.29) is 17.6 Å². The molecule has 1 aliphatic rings. The van der Waals surface area contributed by atoms with Gasteiger partial charge in [-0.1, -0.05) is 17.7 Å². The molecule has 1 atom stereocenters. The van der Waals surface area contributed by atoms with E-state index < -0.39 is 11.9 Å². The molecule has 1 amide bonds. The van der Waals surface area contributed by atoms with Gasteiger partial charge in [0.25, 0.3) is 5.91 Å². The number of nitrogens with one attached hydrogen (secondary N) is 1. The van der Waals surface area contributed by atoms with Crippen molar-refractivity contribution in [3.63, 3.8) is 0 Å². The quantitative estimate of drug-likeness (QED) is 0.898. The summed E-state index contributed by atoms with van der Waals surface area (Å²) in [5, 5.41) is 12.3. The third-order valence-corrected chi connectivity index (χ3v) is 3.83. The Kier molecular flexibility index (Phi) is 4.25. The third-order valence-electron chi connectivity index (χ3n) is 3.59. The van der Waals surface area contributed by atoms with Gasteiger partial charge in [0.05, 0.1) is 12.6 Å². The van der Waals surface area contributed by atoms with E-state index >= 15 is 0 Å². The highest BCUT2D eigenvalue weighted by molar-refractivity contribution is 6.30. The van der Waals surface area contributed by atoms with E-state index in [9.17, 15) is 9.59 Å². The molecule has 23 heavy (non-hydrogen) atoms. The lowest BCUT2D eigenvalue weighted by molar-refractivity contribution is 0.0659.